The number of hydrogen-bond acceptors (Lipinski definition) is 5. The summed E-state index contributed by atoms with van der Waals surface area (Å²) in [4.78, 5) is 16.9. The molecule has 1 N–H and O–H groups in total. The highest BCUT2D eigenvalue weighted by molar-refractivity contribution is 7.99. The lowest BCUT2D eigenvalue weighted by atomic mass is 10.1. The van der Waals surface area contributed by atoms with Crippen LogP contribution >= 0.6 is 23.4 Å². The van der Waals surface area contributed by atoms with Gasteiger partial charge in [-0.05, 0) is 37.1 Å². The Bertz CT molecular complexity index is 1080. The minimum Gasteiger partial charge on any atom is -0.490 e. The fourth-order valence-electron chi connectivity index (χ4n) is 3.06. The third kappa shape index (κ3) is 4.57. The van der Waals surface area contributed by atoms with Crippen LogP contribution in [0, 0.1) is 13.8 Å². The van der Waals surface area contributed by atoms with Gasteiger partial charge in [0, 0.05) is 36.6 Å². The highest BCUT2D eigenvalue weighted by Gasteiger charge is 2.16. The lowest BCUT2D eigenvalue weighted by Crippen LogP contribution is -2.15. The molecule has 0 unspecified atom stereocenters. The summed E-state index contributed by atoms with van der Waals surface area (Å²) in [5.74, 6) is 1.21. The van der Waals surface area contributed by atoms with Crippen LogP contribution in [0.5, 0.6) is 11.5 Å². The van der Waals surface area contributed by atoms with E-state index in [2.05, 4.69) is 36.3 Å². The predicted octanol–water partition coefficient (Wildman–Crippen LogP) is 5.03. The first kappa shape index (κ1) is 20.6. The average molecular weight is 444 g/mol. The number of rotatable bonds is 5. The molecule has 2 aromatic carbocycles. The van der Waals surface area contributed by atoms with Crippen LogP contribution in [0.3, 0.4) is 0 Å². The number of nitrogens with one attached hydrogen (secondary N) is 1. The second-order valence-corrected chi connectivity index (χ2v) is 8.36. The molecule has 1 amide bonds. The predicted molar refractivity (Wildman–Crippen MR) is 119 cm³/mol. The molecular weight excluding hydrogens is 422 g/mol. The van der Waals surface area contributed by atoms with Gasteiger partial charge in [-0.1, -0.05) is 29.4 Å². The molecule has 0 saturated heterocycles. The molecule has 3 aromatic rings. The Kier molecular flexibility index (Phi) is 6.20. The molecule has 0 spiro atoms. The summed E-state index contributed by atoms with van der Waals surface area (Å²) in [7, 11) is 0. The number of amides is 1. The normalized spacial score (nSPS) is 13.0. The van der Waals surface area contributed by atoms with E-state index >= 15 is 0 Å². The van der Waals surface area contributed by atoms with Crippen molar-refractivity contribution in [2.45, 2.75) is 25.4 Å². The van der Waals surface area contributed by atoms with Crippen LogP contribution in [0.2, 0.25) is 5.02 Å². The second kappa shape index (κ2) is 9.02. The van der Waals surface area contributed by atoms with E-state index in [0.717, 1.165) is 17.3 Å². The van der Waals surface area contributed by atoms with Crippen molar-refractivity contribution in [3.63, 3.8) is 0 Å². The van der Waals surface area contributed by atoms with Gasteiger partial charge in [-0.15, -0.1) is 0 Å². The molecule has 0 saturated carbocycles. The van der Waals surface area contributed by atoms with Crippen molar-refractivity contribution in [1.82, 2.24) is 9.55 Å². The molecule has 30 heavy (non-hydrogen) atoms. The number of aryl methyl sites for hydroxylation is 2. The molecule has 1 aliphatic heterocycles. The van der Waals surface area contributed by atoms with E-state index in [4.69, 9.17) is 21.1 Å². The monoisotopic (exact) mass is 443 g/mol. The Labute approximate surface area is 184 Å². The fraction of sp³-hybridized carbons (Fsp3) is 0.273. The van der Waals surface area contributed by atoms with Crippen molar-refractivity contribution in [3.05, 3.63) is 58.9 Å². The van der Waals surface area contributed by atoms with Crippen LogP contribution in [0.1, 0.15) is 17.5 Å². The van der Waals surface area contributed by atoms with E-state index in [1.807, 2.05) is 16.8 Å². The van der Waals surface area contributed by atoms with Gasteiger partial charge >= 0.3 is 0 Å². The second-order valence-electron chi connectivity index (χ2n) is 7.01. The maximum atomic E-state index is 12.5. The zero-order valence-corrected chi connectivity index (χ0v) is 18.3. The smallest absolute Gasteiger partial charge is 0.234 e. The summed E-state index contributed by atoms with van der Waals surface area (Å²) in [6, 6.07) is 9.63. The van der Waals surface area contributed by atoms with Crippen LogP contribution in [0.4, 0.5) is 5.69 Å². The molecule has 2 heterocycles. The van der Waals surface area contributed by atoms with E-state index in [-0.39, 0.29) is 11.7 Å². The molecule has 0 aliphatic carbocycles. The average Bonchev–Trinajstić information content (AvgIpc) is 3.08. The summed E-state index contributed by atoms with van der Waals surface area (Å²) in [5.41, 5.74) is 3.96. The number of halogens is 1. The number of anilines is 1. The molecule has 4 rings (SSSR count). The van der Waals surface area contributed by atoms with Gasteiger partial charge in [0.25, 0.3) is 0 Å². The Morgan fingerprint density at radius 1 is 1.17 bits per heavy atom. The van der Waals surface area contributed by atoms with E-state index in [1.165, 1.54) is 22.9 Å². The molecule has 1 aliphatic rings. The third-order valence-electron chi connectivity index (χ3n) is 4.82. The van der Waals surface area contributed by atoms with Crippen LogP contribution in [-0.4, -0.2) is 34.4 Å². The van der Waals surface area contributed by atoms with Crippen LogP contribution in [0.15, 0.2) is 47.9 Å². The van der Waals surface area contributed by atoms with Crippen LogP contribution < -0.4 is 14.8 Å². The first-order chi connectivity index (χ1) is 14.5. The van der Waals surface area contributed by atoms with Crippen LogP contribution in [0.25, 0.3) is 5.69 Å². The summed E-state index contributed by atoms with van der Waals surface area (Å²) >= 11 is 7.68. The molecule has 1 aromatic heterocycles. The summed E-state index contributed by atoms with van der Waals surface area (Å²) in [5, 5.41) is 4.01. The standard InChI is InChI=1S/C22H22ClN3O3S/c1-14-4-5-16(10-15(14)2)26-7-6-24-22(26)30-13-21(27)25-18-12-20-19(11-17(18)23)28-8-3-9-29-20/h4-7,10-12H,3,8-9,13H2,1-2H3,(H,25,27). The number of nitrogens with zero attached hydrogens (tertiary/aromatic N) is 2. The highest BCUT2D eigenvalue weighted by Crippen LogP contribution is 2.37. The maximum Gasteiger partial charge on any atom is 0.234 e. The van der Waals surface area contributed by atoms with Crippen molar-refractivity contribution >= 4 is 35.0 Å². The first-order valence-electron chi connectivity index (χ1n) is 9.64. The van der Waals surface area contributed by atoms with Gasteiger partial charge in [0.05, 0.1) is 29.7 Å². The largest absolute Gasteiger partial charge is 0.490 e. The van der Waals surface area contributed by atoms with E-state index in [0.29, 0.717) is 35.4 Å². The quantitative estimate of drug-likeness (QED) is 0.560. The lowest BCUT2D eigenvalue weighted by Gasteiger charge is -2.13. The number of benzene rings is 2. The molecular formula is C22H22ClN3O3S. The van der Waals surface area contributed by atoms with Gasteiger partial charge in [0.1, 0.15) is 0 Å². The fourth-order valence-corrected chi connectivity index (χ4v) is 4.04. The van der Waals surface area contributed by atoms with Crippen molar-refractivity contribution < 1.29 is 14.3 Å². The molecule has 6 nitrogen and oxygen atoms in total. The molecule has 0 fully saturated rings. The van der Waals surface area contributed by atoms with Gasteiger partial charge in [-0.2, -0.15) is 0 Å². The van der Waals surface area contributed by atoms with Gasteiger partial charge in [-0.3, -0.25) is 9.36 Å². The summed E-state index contributed by atoms with van der Waals surface area (Å²) < 4.78 is 13.3. The number of fused-ring (bicyclic) bond motifs is 1. The highest BCUT2D eigenvalue weighted by atomic mass is 35.5. The van der Waals surface area contributed by atoms with E-state index in [9.17, 15) is 4.79 Å². The van der Waals surface area contributed by atoms with E-state index < -0.39 is 0 Å². The number of carbonyl (C=O) groups is 1. The van der Waals surface area contributed by atoms with Crippen molar-refractivity contribution in [2.24, 2.45) is 0 Å². The number of carbonyl (C=O) groups excluding carboxylic acids is 1. The zero-order chi connectivity index (χ0) is 21.1. The van der Waals surface area contributed by atoms with E-state index in [1.54, 1.807) is 18.3 Å². The minimum atomic E-state index is -0.175. The van der Waals surface area contributed by atoms with Crippen molar-refractivity contribution in [3.8, 4) is 17.2 Å². The summed E-state index contributed by atoms with van der Waals surface area (Å²) in [6.07, 6.45) is 4.43. The third-order valence-corrected chi connectivity index (χ3v) is 6.10. The topological polar surface area (TPSA) is 65.4 Å². The Balaban J connectivity index is 1.43. The number of imidazole rings is 1. The van der Waals surface area contributed by atoms with Gasteiger partial charge in [0.2, 0.25) is 5.91 Å². The Morgan fingerprint density at radius 2 is 1.93 bits per heavy atom. The molecule has 0 bridgehead atoms. The molecule has 0 radical (unpaired) electrons. The number of hydrogen-bond donors (Lipinski definition) is 1. The van der Waals surface area contributed by atoms with Gasteiger partial charge in [-0.25, -0.2) is 4.98 Å². The zero-order valence-electron chi connectivity index (χ0n) is 16.8. The molecule has 8 heteroatoms. The first-order valence-corrected chi connectivity index (χ1v) is 11.0. The van der Waals surface area contributed by atoms with Gasteiger partial charge < -0.3 is 14.8 Å². The maximum absolute atomic E-state index is 12.5. The van der Waals surface area contributed by atoms with Crippen molar-refractivity contribution in [2.75, 3.05) is 24.3 Å². The number of aromatic nitrogens is 2. The summed E-state index contributed by atoms with van der Waals surface area (Å²) in [6.45, 7) is 5.31. The number of ether oxygens (including phenoxy) is 2. The number of thioether (sulfide) groups is 1. The minimum absolute atomic E-state index is 0.175. The SMILES string of the molecule is Cc1ccc(-n2ccnc2SCC(=O)Nc2cc3c(cc2Cl)OCCCO3)cc1C. The molecule has 0 atom stereocenters. The van der Waals surface area contributed by atoms with Crippen LogP contribution in [-0.2, 0) is 4.79 Å². The molecule has 156 valence electrons. The van der Waals surface area contributed by atoms with Gasteiger partial charge in [0.15, 0.2) is 16.7 Å². The lowest BCUT2D eigenvalue weighted by molar-refractivity contribution is -0.113. The Morgan fingerprint density at radius 3 is 2.70 bits per heavy atom. The van der Waals surface area contributed by atoms with Crippen molar-refractivity contribution in [1.29, 1.82) is 0 Å². The Hall–Kier alpha value is -2.64.